The number of rotatable bonds is 0. The first-order valence-corrected chi connectivity index (χ1v) is 10.4. The molecule has 132 valence electrons. The van der Waals surface area contributed by atoms with Crippen LogP contribution in [0, 0.1) is 29.1 Å². The van der Waals surface area contributed by atoms with Crippen molar-refractivity contribution in [3.63, 3.8) is 0 Å². The fourth-order valence-electron chi connectivity index (χ4n) is 8.52. The van der Waals surface area contributed by atoms with Crippen molar-refractivity contribution in [1.82, 2.24) is 0 Å². The topological polar surface area (TPSA) is 38.7 Å². The van der Waals surface area contributed by atoms with E-state index in [2.05, 4.69) is 20.7 Å². The summed E-state index contributed by atoms with van der Waals surface area (Å²) in [4.78, 5) is 0. The molecule has 24 heavy (non-hydrogen) atoms. The molecule has 1 spiro atoms. The van der Waals surface area contributed by atoms with Gasteiger partial charge in [-0.1, -0.05) is 20.2 Å². The quantitative estimate of drug-likeness (QED) is 0.691. The van der Waals surface area contributed by atoms with Gasteiger partial charge in [0.2, 0.25) is 0 Å². The van der Waals surface area contributed by atoms with Gasteiger partial charge < -0.3 is 14.5 Å². The third-order valence-corrected chi connectivity index (χ3v) is 9.71. The summed E-state index contributed by atoms with van der Waals surface area (Å²) < 4.78 is 13.3. The Morgan fingerprint density at radius 3 is 2.71 bits per heavy atom. The molecule has 7 aliphatic rings. The summed E-state index contributed by atoms with van der Waals surface area (Å²) in [5.41, 5.74) is 0.359. The van der Waals surface area contributed by atoms with Gasteiger partial charge in [-0.2, -0.15) is 0 Å². The van der Waals surface area contributed by atoms with Gasteiger partial charge in [0.05, 0.1) is 23.4 Å². The summed E-state index contributed by atoms with van der Waals surface area (Å²) in [6, 6.07) is 0. The maximum Gasteiger partial charge on any atom is 0.294 e. The van der Waals surface area contributed by atoms with Crippen LogP contribution in [-0.2, 0) is 9.39 Å². The van der Waals surface area contributed by atoms with Crippen LogP contribution in [0.2, 0.25) is 12.6 Å². The molecule has 7 rings (SSSR count). The van der Waals surface area contributed by atoms with E-state index in [4.69, 9.17) is 9.39 Å². The molecule has 3 heterocycles. The maximum atomic E-state index is 10.3. The Bertz CT molecular complexity index is 589. The predicted octanol–water partition coefficient (Wildman–Crippen LogP) is 3.52. The molecule has 0 aromatic carbocycles. The van der Waals surface area contributed by atoms with E-state index in [1.165, 1.54) is 25.7 Å². The Labute approximate surface area is 146 Å². The van der Waals surface area contributed by atoms with Crippen molar-refractivity contribution in [1.29, 1.82) is 0 Å². The molecule has 1 N–H and O–H groups in total. The number of hydrogen-bond donors (Lipinski definition) is 1. The second-order valence-corrected chi connectivity index (χ2v) is 10.6. The normalized spacial score (nSPS) is 66.5. The van der Waals surface area contributed by atoms with Gasteiger partial charge in [-0.15, -0.1) is 0 Å². The minimum absolute atomic E-state index is 0.00396. The molecule has 0 aromatic rings. The average Bonchev–Trinajstić information content (AvgIpc) is 3.26. The molecule has 7 fully saturated rings. The second-order valence-electron chi connectivity index (χ2n) is 10.6. The highest BCUT2D eigenvalue weighted by Crippen LogP contribution is 2.74. The first kappa shape index (κ1) is 15.0. The highest BCUT2D eigenvalue weighted by Gasteiger charge is 2.75. The molecular formula is C20H31BO3. The van der Waals surface area contributed by atoms with Gasteiger partial charge in [-0.05, 0) is 62.1 Å². The Balaban J connectivity index is 1.40. The SMILES string of the molecule is CB1OC2(C)CCC3C(C4CC5(CC(O)CCC35C)O4)C2C2CC12. The van der Waals surface area contributed by atoms with E-state index < -0.39 is 0 Å². The molecule has 3 nitrogen and oxygen atoms in total. The van der Waals surface area contributed by atoms with Gasteiger partial charge >= 0.3 is 0 Å². The van der Waals surface area contributed by atoms with Crippen molar-refractivity contribution >= 4 is 6.92 Å². The van der Waals surface area contributed by atoms with Crippen molar-refractivity contribution in [3.05, 3.63) is 0 Å². The molecule has 4 aliphatic carbocycles. The lowest BCUT2D eigenvalue weighted by atomic mass is 9.40. The third-order valence-electron chi connectivity index (χ3n) is 9.71. The van der Waals surface area contributed by atoms with Gasteiger partial charge in [0, 0.05) is 18.3 Å². The Kier molecular flexibility index (Phi) is 2.67. The van der Waals surface area contributed by atoms with E-state index in [0.29, 0.717) is 24.9 Å². The van der Waals surface area contributed by atoms with Crippen molar-refractivity contribution in [2.75, 3.05) is 0 Å². The molecular weight excluding hydrogens is 299 g/mol. The standard InChI is InChI=1S/C20H31BO3/c1-18-6-4-11(22)9-20(18)10-15(23-20)16-13(18)5-7-19(2)17(16)12-8-14(12)21(3)24-19/h11-17,22H,4-10H2,1-3H3. The fraction of sp³-hybridized carbons (Fsp3) is 1.00. The van der Waals surface area contributed by atoms with E-state index in [1.807, 2.05) is 0 Å². The summed E-state index contributed by atoms with van der Waals surface area (Å²) in [6.07, 6.45) is 8.41. The predicted molar refractivity (Wildman–Crippen MR) is 92.9 cm³/mol. The van der Waals surface area contributed by atoms with E-state index in [9.17, 15) is 5.11 Å². The van der Waals surface area contributed by atoms with Gasteiger partial charge in [0.1, 0.15) is 0 Å². The lowest BCUT2D eigenvalue weighted by Crippen LogP contribution is -2.77. The molecule has 3 saturated heterocycles. The van der Waals surface area contributed by atoms with E-state index in [-0.39, 0.29) is 22.7 Å². The highest BCUT2D eigenvalue weighted by atomic mass is 16.5. The zero-order valence-electron chi connectivity index (χ0n) is 15.3. The third kappa shape index (κ3) is 1.54. The fourth-order valence-corrected chi connectivity index (χ4v) is 8.52. The van der Waals surface area contributed by atoms with Crippen molar-refractivity contribution in [2.24, 2.45) is 29.1 Å². The van der Waals surface area contributed by atoms with Crippen LogP contribution in [0.25, 0.3) is 0 Å². The lowest BCUT2D eigenvalue weighted by molar-refractivity contribution is -0.378. The molecule has 0 radical (unpaired) electrons. The highest BCUT2D eigenvalue weighted by molar-refractivity contribution is 6.53. The number of ether oxygens (including phenoxy) is 1. The Morgan fingerprint density at radius 1 is 1.12 bits per heavy atom. The monoisotopic (exact) mass is 330 g/mol. The summed E-state index contributed by atoms with van der Waals surface area (Å²) in [6.45, 7) is 7.67. The van der Waals surface area contributed by atoms with E-state index >= 15 is 0 Å². The van der Waals surface area contributed by atoms with Gasteiger partial charge in [-0.25, -0.2) is 0 Å². The molecule has 3 aliphatic heterocycles. The minimum Gasteiger partial charge on any atom is -0.431 e. The number of aliphatic hydroxyl groups excluding tert-OH is 1. The van der Waals surface area contributed by atoms with Gasteiger partial charge in [-0.3, -0.25) is 0 Å². The maximum absolute atomic E-state index is 10.3. The van der Waals surface area contributed by atoms with Crippen LogP contribution in [0.15, 0.2) is 0 Å². The molecule has 4 heteroatoms. The Hall–Kier alpha value is -0.0551. The number of hydrogen-bond acceptors (Lipinski definition) is 3. The van der Waals surface area contributed by atoms with Crippen LogP contribution < -0.4 is 0 Å². The van der Waals surface area contributed by atoms with Crippen LogP contribution in [0.1, 0.15) is 58.8 Å². The molecule has 0 aromatic heterocycles. The Morgan fingerprint density at radius 2 is 1.92 bits per heavy atom. The summed E-state index contributed by atoms with van der Waals surface area (Å²) >= 11 is 0. The largest absolute Gasteiger partial charge is 0.431 e. The van der Waals surface area contributed by atoms with Crippen LogP contribution in [0.3, 0.4) is 0 Å². The molecule has 4 saturated carbocycles. The number of fused-ring (bicyclic) bond motifs is 3. The molecule has 0 amide bonds. The van der Waals surface area contributed by atoms with Gasteiger partial charge in [0.15, 0.2) is 0 Å². The zero-order chi connectivity index (χ0) is 16.5. The van der Waals surface area contributed by atoms with Crippen LogP contribution >= 0.6 is 0 Å². The molecule has 10 unspecified atom stereocenters. The minimum atomic E-state index is -0.142. The first-order chi connectivity index (χ1) is 11.4. The van der Waals surface area contributed by atoms with E-state index in [1.54, 1.807) is 0 Å². The van der Waals surface area contributed by atoms with Crippen LogP contribution in [0.4, 0.5) is 0 Å². The number of aliphatic hydroxyl groups is 1. The lowest BCUT2D eigenvalue weighted by Gasteiger charge is -2.74. The summed E-state index contributed by atoms with van der Waals surface area (Å²) in [7, 11) is 0. The first-order valence-electron chi connectivity index (χ1n) is 10.4. The zero-order valence-corrected chi connectivity index (χ0v) is 15.3. The smallest absolute Gasteiger partial charge is 0.294 e. The van der Waals surface area contributed by atoms with Gasteiger partial charge in [0.25, 0.3) is 6.92 Å². The summed E-state index contributed by atoms with van der Waals surface area (Å²) in [5, 5.41) is 10.3. The van der Waals surface area contributed by atoms with Crippen molar-refractivity contribution < 1.29 is 14.5 Å². The van der Waals surface area contributed by atoms with Crippen LogP contribution in [0.5, 0.6) is 0 Å². The van der Waals surface area contributed by atoms with Crippen molar-refractivity contribution in [2.45, 2.75) is 94.8 Å². The summed E-state index contributed by atoms with van der Waals surface area (Å²) in [5.74, 6) is 3.90. The second kappa shape index (κ2) is 4.26. The molecule has 10 atom stereocenters. The average molecular weight is 330 g/mol. The van der Waals surface area contributed by atoms with Crippen LogP contribution in [-0.4, -0.2) is 35.4 Å². The van der Waals surface area contributed by atoms with E-state index in [0.717, 1.165) is 36.9 Å². The molecule has 2 bridgehead atoms. The van der Waals surface area contributed by atoms with Crippen molar-refractivity contribution in [3.8, 4) is 0 Å².